The minimum Gasteiger partial charge on any atom is -0.304 e. The molecule has 0 saturated carbocycles. The summed E-state index contributed by atoms with van der Waals surface area (Å²) in [4.78, 5) is 10.6. The van der Waals surface area contributed by atoms with Crippen LogP contribution in [0.25, 0.3) is 0 Å². The van der Waals surface area contributed by atoms with Gasteiger partial charge in [-0.25, -0.2) is 0 Å². The number of hydrogen-bond donors (Lipinski definition) is 1. The molecule has 1 heterocycles. The Morgan fingerprint density at radius 1 is 1.40 bits per heavy atom. The normalized spacial score (nSPS) is 12.1. The Kier molecular flexibility index (Phi) is 4.37. The lowest BCUT2D eigenvalue weighted by atomic mass is 10.0. The number of rotatable bonds is 5. The summed E-state index contributed by atoms with van der Waals surface area (Å²) in [6.45, 7) is 4.26. The van der Waals surface area contributed by atoms with Gasteiger partial charge in [-0.2, -0.15) is 10.2 Å². The number of nitro benzene ring substituents is 1. The van der Waals surface area contributed by atoms with Crippen LogP contribution in [-0.2, 0) is 6.54 Å². The predicted molar refractivity (Wildman–Crippen MR) is 75.1 cm³/mol. The molecule has 1 N–H and O–H groups in total. The molecular weight excluding hydrogens is 256 g/mol. The zero-order valence-corrected chi connectivity index (χ0v) is 11.4. The Morgan fingerprint density at radius 3 is 2.85 bits per heavy atom. The summed E-state index contributed by atoms with van der Waals surface area (Å²) in [6, 6.07) is 8.99. The molecule has 104 valence electrons. The molecular formula is C14H16N4O2. The monoisotopic (exact) mass is 272 g/mol. The van der Waals surface area contributed by atoms with Gasteiger partial charge in [0.05, 0.1) is 10.6 Å². The van der Waals surface area contributed by atoms with E-state index in [1.54, 1.807) is 25.3 Å². The molecule has 1 aromatic heterocycles. The zero-order chi connectivity index (χ0) is 14.5. The van der Waals surface area contributed by atoms with Gasteiger partial charge in [0.1, 0.15) is 0 Å². The van der Waals surface area contributed by atoms with E-state index in [1.165, 1.54) is 0 Å². The molecule has 1 unspecified atom stereocenters. The van der Waals surface area contributed by atoms with Gasteiger partial charge >= 0.3 is 0 Å². The van der Waals surface area contributed by atoms with Crippen LogP contribution in [0.5, 0.6) is 0 Å². The maximum absolute atomic E-state index is 10.9. The first-order valence-corrected chi connectivity index (χ1v) is 6.33. The summed E-state index contributed by atoms with van der Waals surface area (Å²) in [5.41, 5.74) is 2.53. The van der Waals surface area contributed by atoms with Crippen molar-refractivity contribution in [1.29, 1.82) is 0 Å². The van der Waals surface area contributed by atoms with Crippen LogP contribution in [0.3, 0.4) is 0 Å². The average Bonchev–Trinajstić information content (AvgIpc) is 2.46. The van der Waals surface area contributed by atoms with Crippen LogP contribution in [-0.4, -0.2) is 15.1 Å². The van der Waals surface area contributed by atoms with Crippen LogP contribution in [0, 0.1) is 17.0 Å². The van der Waals surface area contributed by atoms with Gasteiger partial charge in [-0.1, -0.05) is 12.1 Å². The summed E-state index contributed by atoms with van der Waals surface area (Å²) in [5, 5.41) is 22.0. The van der Waals surface area contributed by atoms with Crippen molar-refractivity contribution in [3.8, 4) is 0 Å². The first-order valence-electron chi connectivity index (χ1n) is 6.33. The number of hydrogen-bond acceptors (Lipinski definition) is 5. The number of nitro groups is 1. The Labute approximate surface area is 117 Å². The van der Waals surface area contributed by atoms with E-state index in [4.69, 9.17) is 0 Å². The SMILES string of the molecule is Cc1ccc(C(C)NCc2cccnn2)cc1[N+](=O)[O-]. The van der Waals surface area contributed by atoms with Gasteiger partial charge in [0.25, 0.3) is 5.69 Å². The van der Waals surface area contributed by atoms with E-state index < -0.39 is 0 Å². The van der Waals surface area contributed by atoms with Crippen LogP contribution in [0.2, 0.25) is 0 Å². The van der Waals surface area contributed by atoms with Gasteiger partial charge in [-0.3, -0.25) is 10.1 Å². The van der Waals surface area contributed by atoms with Gasteiger partial charge in [0.15, 0.2) is 0 Å². The third kappa shape index (κ3) is 3.36. The van der Waals surface area contributed by atoms with Crippen LogP contribution < -0.4 is 5.32 Å². The van der Waals surface area contributed by atoms with Crippen molar-refractivity contribution in [1.82, 2.24) is 15.5 Å². The predicted octanol–water partition coefficient (Wildman–Crippen LogP) is 2.54. The molecule has 1 atom stereocenters. The third-order valence-electron chi connectivity index (χ3n) is 3.15. The van der Waals surface area contributed by atoms with Crippen molar-refractivity contribution >= 4 is 5.69 Å². The maximum atomic E-state index is 10.9. The molecule has 0 fully saturated rings. The minimum absolute atomic E-state index is 0.00342. The van der Waals surface area contributed by atoms with Crippen LogP contribution in [0.1, 0.15) is 29.8 Å². The summed E-state index contributed by atoms with van der Waals surface area (Å²) in [6.07, 6.45) is 1.62. The second-order valence-electron chi connectivity index (χ2n) is 4.62. The first-order chi connectivity index (χ1) is 9.58. The van der Waals surface area contributed by atoms with Crippen molar-refractivity contribution < 1.29 is 4.92 Å². The van der Waals surface area contributed by atoms with Crippen LogP contribution >= 0.6 is 0 Å². The highest BCUT2D eigenvalue weighted by molar-refractivity contribution is 5.43. The summed E-state index contributed by atoms with van der Waals surface area (Å²) < 4.78 is 0. The molecule has 20 heavy (non-hydrogen) atoms. The fourth-order valence-corrected chi connectivity index (χ4v) is 1.90. The fraction of sp³-hybridized carbons (Fsp3) is 0.286. The van der Waals surface area contributed by atoms with Gasteiger partial charge in [0.2, 0.25) is 0 Å². The number of benzene rings is 1. The van der Waals surface area contributed by atoms with Crippen LogP contribution in [0.4, 0.5) is 5.69 Å². The molecule has 0 aliphatic rings. The van der Waals surface area contributed by atoms with E-state index in [9.17, 15) is 10.1 Å². The van der Waals surface area contributed by atoms with Crippen molar-refractivity contribution in [2.75, 3.05) is 0 Å². The summed E-state index contributed by atoms with van der Waals surface area (Å²) in [7, 11) is 0. The van der Waals surface area contributed by atoms with Crippen molar-refractivity contribution in [3.63, 3.8) is 0 Å². The summed E-state index contributed by atoms with van der Waals surface area (Å²) in [5.74, 6) is 0. The Balaban J connectivity index is 2.07. The lowest BCUT2D eigenvalue weighted by Gasteiger charge is -2.14. The second kappa shape index (κ2) is 6.21. The van der Waals surface area contributed by atoms with Crippen molar-refractivity contribution in [2.24, 2.45) is 0 Å². The summed E-state index contributed by atoms with van der Waals surface area (Å²) >= 11 is 0. The Hall–Kier alpha value is -2.34. The van der Waals surface area contributed by atoms with Gasteiger partial charge in [-0.15, -0.1) is 0 Å². The topological polar surface area (TPSA) is 81.0 Å². The molecule has 0 amide bonds. The molecule has 2 aromatic rings. The van der Waals surface area contributed by atoms with E-state index in [0.717, 1.165) is 11.3 Å². The quantitative estimate of drug-likeness (QED) is 0.668. The highest BCUT2D eigenvalue weighted by Gasteiger charge is 2.14. The molecule has 0 aliphatic heterocycles. The molecule has 6 heteroatoms. The standard InChI is InChI=1S/C14H16N4O2/c1-10-5-6-12(8-14(10)18(19)20)11(2)15-9-13-4-3-7-16-17-13/h3-8,11,15H,9H2,1-2H3. The molecule has 0 radical (unpaired) electrons. The average molecular weight is 272 g/mol. The molecule has 1 aromatic carbocycles. The smallest absolute Gasteiger partial charge is 0.272 e. The number of nitrogens with one attached hydrogen (secondary N) is 1. The van der Waals surface area contributed by atoms with Crippen LogP contribution in [0.15, 0.2) is 36.5 Å². The van der Waals surface area contributed by atoms with Gasteiger partial charge in [0, 0.05) is 30.4 Å². The van der Waals surface area contributed by atoms with Gasteiger partial charge in [-0.05, 0) is 31.5 Å². The number of aromatic nitrogens is 2. The highest BCUT2D eigenvalue weighted by atomic mass is 16.6. The van der Waals surface area contributed by atoms with Gasteiger partial charge < -0.3 is 5.32 Å². The Bertz CT molecular complexity index is 601. The molecule has 6 nitrogen and oxygen atoms in total. The van der Waals surface area contributed by atoms with E-state index in [2.05, 4.69) is 15.5 Å². The largest absolute Gasteiger partial charge is 0.304 e. The fourth-order valence-electron chi connectivity index (χ4n) is 1.90. The molecule has 0 bridgehead atoms. The molecule has 2 rings (SSSR count). The van der Waals surface area contributed by atoms with E-state index in [1.807, 2.05) is 25.1 Å². The van der Waals surface area contributed by atoms with E-state index in [0.29, 0.717) is 12.1 Å². The van der Waals surface area contributed by atoms with Crippen molar-refractivity contribution in [3.05, 3.63) is 63.5 Å². The van der Waals surface area contributed by atoms with E-state index >= 15 is 0 Å². The molecule has 0 aliphatic carbocycles. The zero-order valence-electron chi connectivity index (χ0n) is 11.4. The Morgan fingerprint density at radius 2 is 2.20 bits per heavy atom. The maximum Gasteiger partial charge on any atom is 0.272 e. The van der Waals surface area contributed by atoms with Crippen molar-refractivity contribution in [2.45, 2.75) is 26.4 Å². The lowest BCUT2D eigenvalue weighted by Crippen LogP contribution is -2.19. The minimum atomic E-state index is -0.353. The number of aryl methyl sites for hydroxylation is 1. The second-order valence-corrected chi connectivity index (χ2v) is 4.62. The third-order valence-corrected chi connectivity index (χ3v) is 3.15. The van der Waals surface area contributed by atoms with E-state index in [-0.39, 0.29) is 16.7 Å². The highest BCUT2D eigenvalue weighted by Crippen LogP contribution is 2.23. The number of nitrogens with zero attached hydrogens (tertiary/aromatic N) is 3. The molecule has 0 saturated heterocycles. The molecule has 0 spiro atoms. The first kappa shape index (κ1) is 14.1. The lowest BCUT2D eigenvalue weighted by molar-refractivity contribution is -0.385.